The van der Waals surface area contributed by atoms with E-state index in [-0.39, 0.29) is 5.60 Å². The van der Waals surface area contributed by atoms with Crippen molar-refractivity contribution in [2.75, 3.05) is 31.6 Å². The van der Waals surface area contributed by atoms with Gasteiger partial charge in [-0.2, -0.15) is 0 Å². The third kappa shape index (κ3) is 4.43. The number of halogens is 1. The molecule has 0 bridgehead atoms. The summed E-state index contributed by atoms with van der Waals surface area (Å²) in [6.45, 7) is 8.73. The fourth-order valence-electron chi connectivity index (χ4n) is 1.77. The van der Waals surface area contributed by atoms with Gasteiger partial charge < -0.3 is 9.64 Å². The molecule has 0 aromatic rings. The van der Waals surface area contributed by atoms with Crippen molar-refractivity contribution >= 4 is 15.9 Å². The summed E-state index contributed by atoms with van der Waals surface area (Å²) in [5.74, 6) is 0. The first-order valence-corrected chi connectivity index (χ1v) is 6.18. The van der Waals surface area contributed by atoms with Crippen LogP contribution < -0.4 is 0 Å². The fraction of sp³-hybridized carbons (Fsp3) is 1.00. The third-order valence-corrected chi connectivity index (χ3v) is 2.88. The van der Waals surface area contributed by atoms with Gasteiger partial charge in [-0.1, -0.05) is 15.9 Å². The SMILES string of the molecule is CC1(C)CN(CCCBr)CCCO1. The van der Waals surface area contributed by atoms with Gasteiger partial charge in [-0.05, 0) is 33.2 Å². The van der Waals surface area contributed by atoms with Crippen LogP contribution in [-0.4, -0.2) is 42.1 Å². The largest absolute Gasteiger partial charge is 0.374 e. The van der Waals surface area contributed by atoms with Crippen LogP contribution in [0.5, 0.6) is 0 Å². The Morgan fingerprint density at radius 2 is 2.23 bits per heavy atom. The summed E-state index contributed by atoms with van der Waals surface area (Å²) in [4.78, 5) is 2.51. The first-order chi connectivity index (χ1) is 6.14. The van der Waals surface area contributed by atoms with Crippen LogP contribution in [0.25, 0.3) is 0 Å². The van der Waals surface area contributed by atoms with Crippen LogP contribution in [0.4, 0.5) is 0 Å². The maximum atomic E-state index is 5.75. The zero-order valence-electron chi connectivity index (χ0n) is 8.68. The van der Waals surface area contributed by atoms with E-state index in [1.54, 1.807) is 0 Å². The zero-order chi connectivity index (χ0) is 9.73. The van der Waals surface area contributed by atoms with Gasteiger partial charge in [0.25, 0.3) is 0 Å². The third-order valence-electron chi connectivity index (χ3n) is 2.32. The minimum absolute atomic E-state index is 0.0445. The van der Waals surface area contributed by atoms with Crippen LogP contribution in [0, 0.1) is 0 Å². The molecular weight excluding hydrogens is 230 g/mol. The molecule has 1 saturated heterocycles. The van der Waals surface area contributed by atoms with Crippen LogP contribution in [0.3, 0.4) is 0 Å². The summed E-state index contributed by atoms with van der Waals surface area (Å²) in [6, 6.07) is 0. The van der Waals surface area contributed by atoms with Crippen molar-refractivity contribution in [3.05, 3.63) is 0 Å². The van der Waals surface area contributed by atoms with Gasteiger partial charge >= 0.3 is 0 Å². The number of hydrogen-bond donors (Lipinski definition) is 0. The Kier molecular flexibility index (Phi) is 4.70. The number of ether oxygens (including phenoxy) is 1. The molecule has 3 heteroatoms. The van der Waals surface area contributed by atoms with E-state index in [0.717, 1.165) is 18.5 Å². The molecule has 0 amide bonds. The van der Waals surface area contributed by atoms with Gasteiger partial charge in [0, 0.05) is 25.0 Å². The van der Waals surface area contributed by atoms with Gasteiger partial charge in [-0.15, -0.1) is 0 Å². The van der Waals surface area contributed by atoms with E-state index >= 15 is 0 Å². The van der Waals surface area contributed by atoms with Gasteiger partial charge in [-0.3, -0.25) is 0 Å². The highest BCUT2D eigenvalue weighted by Crippen LogP contribution is 2.16. The number of hydrogen-bond acceptors (Lipinski definition) is 2. The van der Waals surface area contributed by atoms with Gasteiger partial charge in [0.15, 0.2) is 0 Å². The molecule has 0 unspecified atom stereocenters. The van der Waals surface area contributed by atoms with Gasteiger partial charge in [0.1, 0.15) is 0 Å². The molecule has 0 aromatic heterocycles. The van der Waals surface area contributed by atoms with Gasteiger partial charge in [0.2, 0.25) is 0 Å². The van der Waals surface area contributed by atoms with Crippen molar-refractivity contribution in [2.45, 2.75) is 32.3 Å². The molecule has 0 atom stereocenters. The molecule has 1 aliphatic rings. The van der Waals surface area contributed by atoms with Crippen molar-refractivity contribution in [2.24, 2.45) is 0 Å². The summed E-state index contributed by atoms with van der Waals surface area (Å²) in [5.41, 5.74) is 0.0445. The Balaban J connectivity index is 2.36. The highest BCUT2D eigenvalue weighted by molar-refractivity contribution is 9.09. The quantitative estimate of drug-likeness (QED) is 0.712. The van der Waals surface area contributed by atoms with Crippen molar-refractivity contribution in [3.63, 3.8) is 0 Å². The Hall–Kier alpha value is 0.400. The van der Waals surface area contributed by atoms with E-state index in [4.69, 9.17) is 4.74 Å². The summed E-state index contributed by atoms with van der Waals surface area (Å²) in [5, 5.41) is 1.10. The van der Waals surface area contributed by atoms with E-state index in [2.05, 4.69) is 34.7 Å². The molecule has 1 aliphatic heterocycles. The zero-order valence-corrected chi connectivity index (χ0v) is 10.3. The average molecular weight is 250 g/mol. The molecule has 0 N–H and O–H groups in total. The van der Waals surface area contributed by atoms with Crippen LogP contribution in [-0.2, 0) is 4.74 Å². The lowest BCUT2D eigenvalue weighted by molar-refractivity contribution is -0.0171. The molecule has 78 valence electrons. The summed E-state index contributed by atoms with van der Waals surface area (Å²) in [6.07, 6.45) is 2.40. The first kappa shape index (κ1) is 11.5. The number of alkyl halides is 1. The lowest BCUT2D eigenvalue weighted by atomic mass is 10.1. The molecule has 0 aromatic carbocycles. The van der Waals surface area contributed by atoms with E-state index in [1.807, 2.05) is 0 Å². The second-order valence-corrected chi connectivity index (χ2v) is 5.07. The lowest BCUT2D eigenvalue weighted by Crippen LogP contribution is -2.38. The smallest absolute Gasteiger partial charge is 0.0752 e. The summed E-state index contributed by atoms with van der Waals surface area (Å²) < 4.78 is 5.75. The Morgan fingerprint density at radius 3 is 2.92 bits per heavy atom. The van der Waals surface area contributed by atoms with Crippen molar-refractivity contribution in [3.8, 4) is 0 Å². The predicted octanol–water partition coefficient (Wildman–Crippen LogP) is 2.27. The lowest BCUT2D eigenvalue weighted by Gasteiger charge is -2.28. The predicted molar refractivity (Wildman–Crippen MR) is 59.5 cm³/mol. The van der Waals surface area contributed by atoms with Crippen LogP contribution in [0.1, 0.15) is 26.7 Å². The second-order valence-electron chi connectivity index (χ2n) is 4.28. The van der Waals surface area contributed by atoms with Crippen molar-refractivity contribution in [1.29, 1.82) is 0 Å². The van der Waals surface area contributed by atoms with E-state index in [9.17, 15) is 0 Å². The van der Waals surface area contributed by atoms with Crippen molar-refractivity contribution in [1.82, 2.24) is 4.90 Å². The van der Waals surface area contributed by atoms with Gasteiger partial charge in [-0.25, -0.2) is 0 Å². The highest BCUT2D eigenvalue weighted by atomic mass is 79.9. The Bertz CT molecular complexity index is 150. The molecular formula is C10H20BrNO. The fourth-order valence-corrected chi connectivity index (χ4v) is 2.02. The van der Waals surface area contributed by atoms with Crippen molar-refractivity contribution < 1.29 is 4.74 Å². The molecule has 1 heterocycles. The maximum Gasteiger partial charge on any atom is 0.0752 e. The molecule has 13 heavy (non-hydrogen) atoms. The van der Waals surface area contributed by atoms with E-state index in [1.165, 1.54) is 25.9 Å². The molecule has 1 fully saturated rings. The molecule has 1 rings (SSSR count). The molecule has 0 spiro atoms. The minimum Gasteiger partial charge on any atom is -0.374 e. The normalized spacial score (nSPS) is 24.2. The van der Waals surface area contributed by atoms with Gasteiger partial charge in [0.05, 0.1) is 5.60 Å². The standard InChI is InChI=1S/C10H20BrNO/c1-10(2)9-12(6-3-5-11)7-4-8-13-10/h3-9H2,1-2H3. The number of nitrogens with zero attached hydrogens (tertiary/aromatic N) is 1. The van der Waals surface area contributed by atoms with E-state index < -0.39 is 0 Å². The van der Waals surface area contributed by atoms with Crippen LogP contribution >= 0.6 is 15.9 Å². The summed E-state index contributed by atoms with van der Waals surface area (Å²) >= 11 is 3.47. The average Bonchev–Trinajstić information content (AvgIpc) is 2.22. The topological polar surface area (TPSA) is 12.5 Å². The highest BCUT2D eigenvalue weighted by Gasteiger charge is 2.24. The molecule has 0 radical (unpaired) electrons. The summed E-state index contributed by atoms with van der Waals surface area (Å²) in [7, 11) is 0. The molecule has 2 nitrogen and oxygen atoms in total. The number of rotatable bonds is 3. The van der Waals surface area contributed by atoms with E-state index in [0.29, 0.717) is 0 Å². The monoisotopic (exact) mass is 249 g/mol. The molecule has 0 aliphatic carbocycles. The first-order valence-electron chi connectivity index (χ1n) is 5.06. The Labute approximate surface area is 89.8 Å². The Morgan fingerprint density at radius 1 is 1.46 bits per heavy atom. The minimum atomic E-state index is 0.0445. The molecule has 0 saturated carbocycles. The second kappa shape index (κ2) is 5.32. The van der Waals surface area contributed by atoms with Crippen LogP contribution in [0.15, 0.2) is 0 Å². The van der Waals surface area contributed by atoms with Crippen LogP contribution in [0.2, 0.25) is 0 Å². The maximum absolute atomic E-state index is 5.75.